The zero-order valence-corrected chi connectivity index (χ0v) is 21.9. The summed E-state index contributed by atoms with van der Waals surface area (Å²) >= 11 is 0. The Hall–Kier alpha value is -4.59. The molecule has 1 fully saturated rings. The van der Waals surface area contributed by atoms with Gasteiger partial charge in [0, 0.05) is 36.9 Å². The standard InChI is InChI=1S/C32H27FN2O5/c1-2-30-35-31(38)24-17-23-25(18-27(24)40-30)34-14-11-26(23)39-22-9-5-20(6-10-22)16-29(37)32(12-13-32)28(36)15-19-3-7-21(33)8-4-19/h3-11,14,17-18,30H,2,12-13,15-16H2,1H3,(H,35,38). The van der Waals surface area contributed by atoms with E-state index < -0.39 is 5.41 Å². The van der Waals surface area contributed by atoms with E-state index in [9.17, 15) is 18.8 Å². The highest BCUT2D eigenvalue weighted by Gasteiger charge is 2.54. The van der Waals surface area contributed by atoms with Crippen molar-refractivity contribution in [2.24, 2.45) is 5.41 Å². The Labute approximate surface area is 230 Å². The van der Waals surface area contributed by atoms with Crippen LogP contribution in [0.4, 0.5) is 4.39 Å². The maximum atomic E-state index is 13.2. The Morgan fingerprint density at radius 2 is 1.65 bits per heavy atom. The van der Waals surface area contributed by atoms with Gasteiger partial charge in [0.1, 0.15) is 23.1 Å². The fourth-order valence-electron chi connectivity index (χ4n) is 5.06. The number of benzene rings is 3. The molecule has 0 spiro atoms. The summed E-state index contributed by atoms with van der Waals surface area (Å²) in [6.45, 7) is 1.93. The van der Waals surface area contributed by atoms with Crippen LogP contribution in [0.5, 0.6) is 17.2 Å². The lowest BCUT2D eigenvalue weighted by atomic mass is 9.88. The lowest BCUT2D eigenvalue weighted by molar-refractivity contribution is -0.133. The zero-order chi connectivity index (χ0) is 27.9. The molecule has 3 aromatic carbocycles. The Balaban J connectivity index is 1.15. The summed E-state index contributed by atoms with van der Waals surface area (Å²) in [4.78, 5) is 43.1. The van der Waals surface area contributed by atoms with Crippen molar-refractivity contribution < 1.29 is 28.2 Å². The highest BCUT2D eigenvalue weighted by Crippen LogP contribution is 2.49. The molecule has 1 amide bonds. The van der Waals surface area contributed by atoms with Crippen molar-refractivity contribution in [1.82, 2.24) is 10.3 Å². The third kappa shape index (κ3) is 4.93. The first-order chi connectivity index (χ1) is 19.3. The van der Waals surface area contributed by atoms with Gasteiger partial charge in [0.2, 0.25) is 0 Å². The smallest absolute Gasteiger partial charge is 0.257 e. The van der Waals surface area contributed by atoms with E-state index in [0.29, 0.717) is 58.5 Å². The van der Waals surface area contributed by atoms with Gasteiger partial charge in [0.15, 0.2) is 17.8 Å². The first-order valence-electron chi connectivity index (χ1n) is 13.3. The number of aromatic nitrogens is 1. The highest BCUT2D eigenvalue weighted by molar-refractivity contribution is 6.11. The minimum atomic E-state index is -0.939. The SMILES string of the molecule is CCC1NC(=O)c2cc3c(Oc4ccc(CC(=O)C5(C(=O)Cc6ccc(F)cc6)CC5)cc4)ccnc3cc2O1. The molecule has 2 aliphatic rings. The number of ether oxygens (including phenoxy) is 2. The number of ketones is 2. The second kappa shape index (κ2) is 10.2. The number of nitrogens with one attached hydrogen (secondary N) is 1. The number of halogens is 1. The van der Waals surface area contributed by atoms with Gasteiger partial charge in [-0.15, -0.1) is 0 Å². The van der Waals surface area contributed by atoms with Crippen LogP contribution >= 0.6 is 0 Å². The first kappa shape index (κ1) is 25.7. The number of rotatable bonds is 9. The molecule has 6 rings (SSSR count). The Kier molecular flexibility index (Phi) is 6.54. The Morgan fingerprint density at radius 3 is 2.27 bits per heavy atom. The van der Waals surface area contributed by atoms with Gasteiger partial charge >= 0.3 is 0 Å². The van der Waals surface area contributed by atoms with Crippen LogP contribution in [-0.2, 0) is 22.4 Å². The van der Waals surface area contributed by atoms with E-state index in [4.69, 9.17) is 9.47 Å². The maximum Gasteiger partial charge on any atom is 0.257 e. The Morgan fingerprint density at radius 1 is 1.00 bits per heavy atom. The number of fused-ring (bicyclic) bond motifs is 2. The van der Waals surface area contributed by atoms with Gasteiger partial charge in [0.25, 0.3) is 5.91 Å². The number of hydrogen-bond donors (Lipinski definition) is 1. The van der Waals surface area contributed by atoms with Gasteiger partial charge in [0.05, 0.1) is 16.5 Å². The second-order valence-electron chi connectivity index (χ2n) is 10.3. The van der Waals surface area contributed by atoms with Crippen molar-refractivity contribution >= 4 is 28.4 Å². The summed E-state index contributed by atoms with van der Waals surface area (Å²) in [6.07, 6.45) is 3.28. The van der Waals surface area contributed by atoms with Crippen LogP contribution < -0.4 is 14.8 Å². The molecule has 202 valence electrons. The molecule has 1 saturated carbocycles. The molecule has 1 aliphatic heterocycles. The summed E-state index contributed by atoms with van der Waals surface area (Å²) in [5.41, 5.74) is 1.61. The zero-order valence-electron chi connectivity index (χ0n) is 21.9. The van der Waals surface area contributed by atoms with Gasteiger partial charge < -0.3 is 14.8 Å². The number of Topliss-reactive ketones (excluding diaryl/α,β-unsaturated/α-hetero) is 2. The number of nitrogens with zero attached hydrogens (tertiary/aromatic N) is 1. The largest absolute Gasteiger partial charge is 0.470 e. The van der Waals surface area contributed by atoms with Gasteiger partial charge in [-0.05, 0) is 60.4 Å². The summed E-state index contributed by atoms with van der Waals surface area (Å²) in [7, 11) is 0. The molecule has 40 heavy (non-hydrogen) atoms. The summed E-state index contributed by atoms with van der Waals surface area (Å²) < 4.78 is 25.2. The van der Waals surface area contributed by atoms with E-state index in [2.05, 4.69) is 10.3 Å². The number of pyridine rings is 1. The minimum Gasteiger partial charge on any atom is -0.470 e. The molecule has 0 bridgehead atoms. The number of hydrogen-bond acceptors (Lipinski definition) is 6. The minimum absolute atomic E-state index is 0.0935. The first-order valence-corrected chi connectivity index (χ1v) is 13.3. The number of carbonyl (C=O) groups excluding carboxylic acids is 3. The van der Waals surface area contributed by atoms with Crippen LogP contribution in [0, 0.1) is 11.2 Å². The molecule has 0 radical (unpaired) electrons. The van der Waals surface area contributed by atoms with Crippen LogP contribution in [0.3, 0.4) is 0 Å². The Bertz CT molecular complexity index is 1630. The van der Waals surface area contributed by atoms with Crippen molar-refractivity contribution in [3.8, 4) is 17.2 Å². The molecular weight excluding hydrogens is 511 g/mol. The van der Waals surface area contributed by atoms with Gasteiger partial charge in [-0.1, -0.05) is 31.2 Å². The van der Waals surface area contributed by atoms with Crippen molar-refractivity contribution in [3.05, 3.63) is 95.4 Å². The predicted molar refractivity (Wildman–Crippen MR) is 146 cm³/mol. The summed E-state index contributed by atoms with van der Waals surface area (Å²) in [6, 6.07) is 18.2. The molecule has 1 unspecified atom stereocenters. The van der Waals surface area contributed by atoms with Gasteiger partial charge in [-0.25, -0.2) is 4.39 Å². The van der Waals surface area contributed by atoms with Crippen LogP contribution in [0.1, 0.15) is 47.7 Å². The van der Waals surface area contributed by atoms with E-state index in [0.717, 1.165) is 5.56 Å². The van der Waals surface area contributed by atoms with E-state index >= 15 is 0 Å². The highest BCUT2D eigenvalue weighted by atomic mass is 19.1. The van der Waals surface area contributed by atoms with E-state index in [1.54, 1.807) is 48.7 Å². The van der Waals surface area contributed by atoms with Gasteiger partial charge in [-0.3, -0.25) is 19.4 Å². The molecule has 1 atom stereocenters. The lowest BCUT2D eigenvalue weighted by Crippen LogP contribution is -2.42. The van der Waals surface area contributed by atoms with Gasteiger partial charge in [-0.2, -0.15) is 0 Å². The molecule has 4 aromatic rings. The quantitative estimate of drug-likeness (QED) is 0.274. The molecule has 7 nitrogen and oxygen atoms in total. The van der Waals surface area contributed by atoms with E-state index in [1.165, 1.54) is 12.1 Å². The number of amides is 1. The summed E-state index contributed by atoms with van der Waals surface area (Å²) in [5, 5.41) is 3.50. The molecule has 1 aromatic heterocycles. The van der Waals surface area contributed by atoms with Crippen LogP contribution in [0.25, 0.3) is 10.9 Å². The maximum absolute atomic E-state index is 13.2. The van der Waals surface area contributed by atoms with Crippen LogP contribution in [0.2, 0.25) is 0 Å². The van der Waals surface area contributed by atoms with Crippen molar-refractivity contribution in [2.45, 2.75) is 45.3 Å². The third-order valence-electron chi connectivity index (χ3n) is 7.59. The molecular formula is C32H27FN2O5. The monoisotopic (exact) mass is 538 g/mol. The molecule has 2 heterocycles. The van der Waals surface area contributed by atoms with E-state index in [1.807, 2.05) is 19.1 Å². The second-order valence-corrected chi connectivity index (χ2v) is 10.3. The van der Waals surface area contributed by atoms with Crippen molar-refractivity contribution in [3.63, 3.8) is 0 Å². The van der Waals surface area contributed by atoms with E-state index in [-0.39, 0.29) is 42.4 Å². The number of carbonyl (C=O) groups is 3. The molecule has 1 N–H and O–H groups in total. The third-order valence-corrected chi connectivity index (χ3v) is 7.59. The summed E-state index contributed by atoms with van der Waals surface area (Å²) in [5.74, 6) is 0.815. The molecule has 1 aliphatic carbocycles. The topological polar surface area (TPSA) is 94.6 Å². The fourth-order valence-corrected chi connectivity index (χ4v) is 5.06. The van der Waals surface area contributed by atoms with Crippen molar-refractivity contribution in [1.29, 1.82) is 0 Å². The van der Waals surface area contributed by atoms with Crippen molar-refractivity contribution in [2.75, 3.05) is 0 Å². The molecule has 0 saturated heterocycles. The predicted octanol–water partition coefficient (Wildman–Crippen LogP) is 5.73. The normalized spacial score (nSPS) is 16.9. The van der Waals surface area contributed by atoms with Crippen LogP contribution in [-0.4, -0.2) is 28.7 Å². The van der Waals surface area contributed by atoms with Crippen LogP contribution in [0.15, 0.2) is 72.9 Å². The average molecular weight is 539 g/mol. The fraction of sp³-hybridized carbons (Fsp3) is 0.250. The lowest BCUT2D eigenvalue weighted by Gasteiger charge is -2.26. The average Bonchev–Trinajstić information content (AvgIpc) is 3.77. The molecule has 8 heteroatoms.